The minimum absolute atomic E-state index is 0.0327. The summed E-state index contributed by atoms with van der Waals surface area (Å²) in [4.78, 5) is 28.3. The second-order valence-corrected chi connectivity index (χ2v) is 9.05. The molecule has 1 aromatic carbocycles. The molecule has 156 valence electrons. The number of H-pyrrole nitrogens is 1. The van der Waals surface area contributed by atoms with Crippen LogP contribution in [-0.4, -0.2) is 47.2 Å². The Morgan fingerprint density at radius 1 is 1.21 bits per heavy atom. The van der Waals surface area contributed by atoms with Crippen molar-refractivity contribution in [3.63, 3.8) is 0 Å². The van der Waals surface area contributed by atoms with Crippen molar-refractivity contribution in [1.82, 2.24) is 15.1 Å². The van der Waals surface area contributed by atoms with Crippen LogP contribution in [0, 0.1) is 5.41 Å². The highest BCUT2D eigenvalue weighted by Gasteiger charge is 2.43. The number of rotatable bonds is 5. The number of nitrogens with one attached hydrogen (secondary N) is 1. The van der Waals surface area contributed by atoms with E-state index in [1.807, 2.05) is 4.90 Å². The lowest BCUT2D eigenvalue weighted by atomic mass is 9.79. The van der Waals surface area contributed by atoms with E-state index in [-0.39, 0.29) is 17.9 Å². The first-order valence-electron chi connectivity index (χ1n) is 10.6. The van der Waals surface area contributed by atoms with Gasteiger partial charge in [-0.3, -0.25) is 14.2 Å². The molecular formula is C22H31N4O3+. The standard InChI is InChI=1S/C22H30N4O3/c1-17(2)19-6-4-18(5-7-19)12-24-10-3-8-22(15-24)9-11-25(16-22)20(27)13-26-14-21(28)29-23-26/h4-7,14,17H,3,8-13,15-16H2,1-2H3/p+1/t22-/m1/s1. The molecule has 0 aliphatic carbocycles. The van der Waals surface area contributed by atoms with Crippen LogP contribution in [0.15, 0.2) is 39.8 Å². The SMILES string of the molecule is CC(C)c1ccc(CN2CCC[C@@]3(CCN(C(=O)C[n+]4cc(=O)o[nH]4)C3)C2)cc1. The van der Waals surface area contributed by atoms with E-state index in [1.165, 1.54) is 34.8 Å². The molecule has 2 aliphatic heterocycles. The van der Waals surface area contributed by atoms with Crippen molar-refractivity contribution in [2.24, 2.45) is 5.41 Å². The van der Waals surface area contributed by atoms with Crippen LogP contribution < -0.4 is 10.3 Å². The Morgan fingerprint density at radius 2 is 2.00 bits per heavy atom. The van der Waals surface area contributed by atoms with E-state index >= 15 is 0 Å². The van der Waals surface area contributed by atoms with Crippen molar-refractivity contribution in [1.29, 1.82) is 0 Å². The normalized spacial score (nSPS) is 22.7. The topological polar surface area (TPSA) is 73.4 Å². The molecule has 1 amide bonds. The zero-order valence-electron chi connectivity index (χ0n) is 17.4. The highest BCUT2D eigenvalue weighted by Crippen LogP contribution is 2.39. The second-order valence-electron chi connectivity index (χ2n) is 9.05. The molecule has 4 rings (SSSR count). The van der Waals surface area contributed by atoms with Gasteiger partial charge in [-0.2, -0.15) is 0 Å². The molecular weight excluding hydrogens is 368 g/mol. The quantitative estimate of drug-likeness (QED) is 0.780. The fourth-order valence-electron chi connectivity index (χ4n) is 4.80. The van der Waals surface area contributed by atoms with Crippen molar-refractivity contribution in [3.05, 3.63) is 52.0 Å². The molecule has 1 N–H and O–H groups in total. The lowest BCUT2D eigenvalue weighted by molar-refractivity contribution is -0.751. The number of piperidine rings is 1. The summed E-state index contributed by atoms with van der Waals surface area (Å²) in [6.45, 7) is 9.29. The molecule has 7 heteroatoms. The molecule has 1 spiro atoms. The molecule has 2 fully saturated rings. The fraction of sp³-hybridized carbons (Fsp3) is 0.591. The van der Waals surface area contributed by atoms with Crippen molar-refractivity contribution in [3.8, 4) is 0 Å². The Hall–Kier alpha value is -2.41. The number of hydrogen-bond acceptors (Lipinski definition) is 4. The molecule has 2 aromatic rings. The molecule has 0 radical (unpaired) electrons. The third-order valence-electron chi connectivity index (χ3n) is 6.41. The monoisotopic (exact) mass is 399 g/mol. The number of carbonyl (C=O) groups is 1. The summed E-state index contributed by atoms with van der Waals surface area (Å²) in [5.74, 6) is 0.590. The van der Waals surface area contributed by atoms with Crippen LogP contribution in [0.4, 0.5) is 0 Å². The average molecular weight is 400 g/mol. The average Bonchev–Trinajstić information content (AvgIpc) is 3.29. The van der Waals surface area contributed by atoms with E-state index in [1.54, 1.807) is 0 Å². The van der Waals surface area contributed by atoms with Gasteiger partial charge in [-0.25, -0.2) is 4.79 Å². The first kappa shape index (κ1) is 19.9. The Kier molecular flexibility index (Phi) is 5.58. The van der Waals surface area contributed by atoms with Crippen LogP contribution >= 0.6 is 0 Å². The van der Waals surface area contributed by atoms with Gasteiger partial charge in [-0.05, 0) is 48.1 Å². The predicted molar refractivity (Wildman–Crippen MR) is 108 cm³/mol. The molecule has 2 saturated heterocycles. The molecule has 0 unspecified atom stereocenters. The Balaban J connectivity index is 1.35. The maximum atomic E-state index is 12.6. The number of hydrogen-bond donors (Lipinski definition) is 1. The van der Waals surface area contributed by atoms with E-state index in [0.717, 1.165) is 39.1 Å². The zero-order valence-corrected chi connectivity index (χ0v) is 17.4. The van der Waals surface area contributed by atoms with Gasteiger partial charge in [0.15, 0.2) is 0 Å². The first-order chi connectivity index (χ1) is 13.9. The third kappa shape index (κ3) is 4.61. The summed E-state index contributed by atoms with van der Waals surface area (Å²) in [6.07, 6.45) is 4.68. The molecule has 1 atom stereocenters. The predicted octanol–water partition coefficient (Wildman–Crippen LogP) is 1.89. The largest absolute Gasteiger partial charge is 0.426 e. The van der Waals surface area contributed by atoms with Crippen LogP contribution in [0.2, 0.25) is 0 Å². The number of aromatic amines is 1. The van der Waals surface area contributed by atoms with Crippen molar-refractivity contribution in [2.75, 3.05) is 26.2 Å². The van der Waals surface area contributed by atoms with Crippen molar-refractivity contribution in [2.45, 2.75) is 52.1 Å². The molecule has 3 heterocycles. The number of amides is 1. The summed E-state index contributed by atoms with van der Waals surface area (Å²) in [5.41, 5.74) is 2.46. The number of carbonyl (C=O) groups excluding carboxylic acids is 1. The number of likely N-dealkylation sites (tertiary alicyclic amines) is 2. The van der Waals surface area contributed by atoms with E-state index in [2.05, 4.69) is 52.8 Å². The van der Waals surface area contributed by atoms with Crippen LogP contribution in [-0.2, 0) is 17.9 Å². The third-order valence-corrected chi connectivity index (χ3v) is 6.41. The van der Waals surface area contributed by atoms with Gasteiger partial charge in [0.1, 0.15) is 0 Å². The second kappa shape index (κ2) is 8.14. The van der Waals surface area contributed by atoms with Gasteiger partial charge in [0.05, 0.1) is 0 Å². The fourth-order valence-corrected chi connectivity index (χ4v) is 4.80. The highest BCUT2D eigenvalue weighted by atomic mass is 16.5. The van der Waals surface area contributed by atoms with E-state index in [0.29, 0.717) is 5.92 Å². The van der Waals surface area contributed by atoms with E-state index < -0.39 is 5.63 Å². The van der Waals surface area contributed by atoms with Gasteiger partial charge in [0.2, 0.25) is 0 Å². The summed E-state index contributed by atoms with van der Waals surface area (Å²) >= 11 is 0. The minimum Gasteiger partial charge on any atom is -0.337 e. The van der Waals surface area contributed by atoms with Gasteiger partial charge in [-0.1, -0.05) is 42.8 Å². The van der Waals surface area contributed by atoms with Crippen LogP contribution in [0.5, 0.6) is 0 Å². The minimum atomic E-state index is -0.472. The Labute approximate surface area is 171 Å². The molecule has 0 saturated carbocycles. The molecule has 1 aromatic heterocycles. The Bertz CT molecular complexity index is 901. The van der Waals surface area contributed by atoms with Crippen molar-refractivity contribution < 1.29 is 14.0 Å². The van der Waals surface area contributed by atoms with E-state index in [9.17, 15) is 9.59 Å². The van der Waals surface area contributed by atoms with Gasteiger partial charge < -0.3 is 4.90 Å². The van der Waals surface area contributed by atoms with E-state index in [4.69, 9.17) is 0 Å². The number of aromatic nitrogens is 2. The molecule has 0 bridgehead atoms. The first-order valence-corrected chi connectivity index (χ1v) is 10.6. The summed E-state index contributed by atoms with van der Waals surface area (Å²) in [7, 11) is 0. The van der Waals surface area contributed by atoms with Crippen molar-refractivity contribution >= 4 is 5.91 Å². The van der Waals surface area contributed by atoms with Crippen LogP contribution in [0.1, 0.15) is 50.2 Å². The molecule has 2 aliphatic rings. The van der Waals surface area contributed by atoms with Gasteiger partial charge >= 0.3 is 5.63 Å². The number of nitrogens with zero attached hydrogens (tertiary/aromatic N) is 3. The van der Waals surface area contributed by atoms with Gasteiger partial charge in [0.25, 0.3) is 18.6 Å². The van der Waals surface area contributed by atoms with Gasteiger partial charge in [0, 0.05) is 31.6 Å². The highest BCUT2D eigenvalue weighted by molar-refractivity contribution is 5.75. The molecule has 7 nitrogen and oxygen atoms in total. The number of benzene rings is 1. The lowest BCUT2D eigenvalue weighted by Crippen LogP contribution is -2.48. The summed E-state index contributed by atoms with van der Waals surface area (Å²) < 4.78 is 6.04. The van der Waals surface area contributed by atoms with Crippen LogP contribution in [0.25, 0.3) is 0 Å². The smallest absolute Gasteiger partial charge is 0.337 e. The zero-order chi connectivity index (χ0) is 20.4. The van der Waals surface area contributed by atoms with Gasteiger partial charge in [-0.15, -0.1) is 0 Å². The maximum absolute atomic E-state index is 12.6. The maximum Gasteiger partial charge on any atom is 0.426 e. The van der Waals surface area contributed by atoms with Crippen LogP contribution in [0.3, 0.4) is 0 Å². The Morgan fingerprint density at radius 3 is 2.69 bits per heavy atom. The lowest BCUT2D eigenvalue weighted by Gasteiger charge is -2.40. The molecule has 29 heavy (non-hydrogen) atoms. The summed E-state index contributed by atoms with van der Waals surface area (Å²) in [5, 5.41) is 2.45. The summed E-state index contributed by atoms with van der Waals surface area (Å²) in [6, 6.07) is 9.00.